The summed E-state index contributed by atoms with van der Waals surface area (Å²) >= 11 is 0. The van der Waals surface area contributed by atoms with Crippen molar-refractivity contribution < 1.29 is 27.8 Å². The zero-order chi connectivity index (χ0) is 21.1. The van der Waals surface area contributed by atoms with E-state index in [-0.39, 0.29) is 29.3 Å². The maximum Gasteiger partial charge on any atom is 0.410 e. The van der Waals surface area contributed by atoms with Gasteiger partial charge in [-0.2, -0.15) is 0 Å². The number of anilines is 1. The third kappa shape index (κ3) is 5.56. The van der Waals surface area contributed by atoms with Gasteiger partial charge in [0.15, 0.2) is 11.6 Å². The molecule has 1 fully saturated rings. The van der Waals surface area contributed by atoms with Crippen LogP contribution in [0.15, 0.2) is 12.1 Å². The Kier molecular flexibility index (Phi) is 6.85. The summed E-state index contributed by atoms with van der Waals surface area (Å²) in [4.78, 5) is 25.4. The van der Waals surface area contributed by atoms with E-state index in [1.807, 2.05) is 27.7 Å². The molecule has 1 aromatic carbocycles. The minimum Gasteiger partial charge on any atom is -0.465 e. The Morgan fingerprint density at radius 1 is 1.21 bits per heavy atom. The molecular weight excluding hydrogens is 370 g/mol. The van der Waals surface area contributed by atoms with Crippen molar-refractivity contribution in [3.8, 4) is 0 Å². The summed E-state index contributed by atoms with van der Waals surface area (Å²) in [5.41, 5.74) is -0.687. The van der Waals surface area contributed by atoms with Gasteiger partial charge < -0.3 is 19.7 Å². The Hall–Kier alpha value is -2.38. The van der Waals surface area contributed by atoms with Crippen molar-refractivity contribution in [1.82, 2.24) is 4.90 Å². The van der Waals surface area contributed by atoms with Gasteiger partial charge >= 0.3 is 12.1 Å². The molecule has 1 aliphatic rings. The maximum absolute atomic E-state index is 14.1. The van der Waals surface area contributed by atoms with Crippen molar-refractivity contribution in [2.45, 2.75) is 52.2 Å². The van der Waals surface area contributed by atoms with Crippen LogP contribution in [-0.2, 0) is 9.47 Å². The van der Waals surface area contributed by atoms with Crippen molar-refractivity contribution in [2.24, 2.45) is 5.92 Å². The summed E-state index contributed by atoms with van der Waals surface area (Å²) < 4.78 is 37.9. The number of esters is 1. The molecule has 1 N–H and O–H groups in total. The molecule has 1 unspecified atom stereocenters. The van der Waals surface area contributed by atoms with Crippen LogP contribution in [0.25, 0.3) is 0 Å². The van der Waals surface area contributed by atoms with E-state index in [1.165, 1.54) is 13.2 Å². The minimum absolute atomic E-state index is 0.0594. The number of halogens is 2. The number of methoxy groups -OCH3 is 1. The molecule has 2 rings (SSSR count). The van der Waals surface area contributed by atoms with Gasteiger partial charge in [-0.1, -0.05) is 0 Å². The van der Waals surface area contributed by atoms with Gasteiger partial charge in [-0.05, 0) is 58.6 Å². The van der Waals surface area contributed by atoms with E-state index < -0.39 is 23.2 Å². The lowest BCUT2D eigenvalue weighted by molar-refractivity contribution is 0.0179. The fraction of sp³-hybridized carbons (Fsp3) is 0.600. The van der Waals surface area contributed by atoms with E-state index in [1.54, 1.807) is 4.90 Å². The zero-order valence-electron chi connectivity index (χ0n) is 17.0. The fourth-order valence-electron chi connectivity index (χ4n) is 3.20. The van der Waals surface area contributed by atoms with Crippen LogP contribution in [0.4, 0.5) is 19.3 Å². The molecule has 0 spiro atoms. The second kappa shape index (κ2) is 8.75. The van der Waals surface area contributed by atoms with Gasteiger partial charge in [0.1, 0.15) is 5.60 Å². The Morgan fingerprint density at radius 3 is 2.36 bits per heavy atom. The van der Waals surface area contributed by atoms with Crippen LogP contribution in [0.1, 0.15) is 50.9 Å². The summed E-state index contributed by atoms with van der Waals surface area (Å²) in [7, 11) is 1.18. The topological polar surface area (TPSA) is 67.9 Å². The molecule has 0 saturated carbocycles. The molecule has 1 saturated heterocycles. The number of ether oxygens (including phenoxy) is 2. The van der Waals surface area contributed by atoms with Crippen LogP contribution in [0.2, 0.25) is 0 Å². The van der Waals surface area contributed by atoms with Crippen LogP contribution in [0, 0.1) is 17.6 Å². The number of nitrogens with one attached hydrogen (secondary N) is 1. The second-order valence-corrected chi connectivity index (χ2v) is 8.05. The van der Waals surface area contributed by atoms with E-state index in [9.17, 15) is 18.4 Å². The lowest BCUT2D eigenvalue weighted by atomic mass is 9.90. The summed E-state index contributed by atoms with van der Waals surface area (Å²) in [5.74, 6) is -2.73. The molecule has 1 aromatic rings. The lowest BCUT2D eigenvalue weighted by Crippen LogP contribution is -2.44. The first-order valence-electron chi connectivity index (χ1n) is 9.33. The third-order valence-corrected chi connectivity index (χ3v) is 4.73. The summed E-state index contributed by atoms with van der Waals surface area (Å²) in [6.07, 6.45) is 1.06. The van der Waals surface area contributed by atoms with Gasteiger partial charge in [-0.25, -0.2) is 18.4 Å². The molecule has 156 valence electrons. The monoisotopic (exact) mass is 398 g/mol. The number of amides is 1. The number of hydrogen-bond donors (Lipinski definition) is 1. The highest BCUT2D eigenvalue weighted by Gasteiger charge is 2.29. The molecule has 1 aliphatic heterocycles. The predicted octanol–water partition coefficient (Wildman–Crippen LogP) is 4.20. The molecule has 28 heavy (non-hydrogen) atoms. The molecule has 6 nitrogen and oxygen atoms in total. The number of piperidine rings is 1. The van der Waals surface area contributed by atoms with Gasteiger partial charge in [0.25, 0.3) is 0 Å². The molecule has 1 heterocycles. The Bertz CT molecular complexity index is 726. The Labute approximate surface area is 164 Å². The first kappa shape index (κ1) is 21.9. The van der Waals surface area contributed by atoms with Gasteiger partial charge in [-0.15, -0.1) is 0 Å². The van der Waals surface area contributed by atoms with E-state index in [2.05, 4.69) is 10.1 Å². The molecule has 0 bridgehead atoms. The maximum atomic E-state index is 14.1. The average molecular weight is 398 g/mol. The average Bonchev–Trinajstić information content (AvgIpc) is 2.63. The quantitative estimate of drug-likeness (QED) is 0.770. The van der Waals surface area contributed by atoms with E-state index in [0.29, 0.717) is 25.9 Å². The number of carbonyl (C=O) groups excluding carboxylic acids is 2. The number of likely N-dealkylation sites (tertiary alicyclic amines) is 1. The van der Waals surface area contributed by atoms with Gasteiger partial charge in [-0.3, -0.25) is 0 Å². The van der Waals surface area contributed by atoms with E-state index in [0.717, 1.165) is 6.07 Å². The predicted molar refractivity (Wildman–Crippen MR) is 101 cm³/mol. The van der Waals surface area contributed by atoms with Crippen LogP contribution >= 0.6 is 0 Å². The molecule has 8 heteroatoms. The largest absolute Gasteiger partial charge is 0.465 e. The van der Waals surface area contributed by atoms with Crippen molar-refractivity contribution in [2.75, 3.05) is 25.5 Å². The normalized spacial score (nSPS) is 16.5. The van der Waals surface area contributed by atoms with Gasteiger partial charge in [0, 0.05) is 19.1 Å². The molecule has 1 amide bonds. The van der Waals surface area contributed by atoms with Crippen molar-refractivity contribution in [3.63, 3.8) is 0 Å². The van der Waals surface area contributed by atoms with E-state index >= 15 is 0 Å². The fourth-order valence-corrected chi connectivity index (χ4v) is 3.20. The molecule has 0 aromatic heterocycles. The standard InChI is InChI=1S/C20H28F2N2O4/c1-12(13-6-8-24(9-7-13)19(26)28-20(2,3)4)23-16-11-14(18(25)27-5)10-15(21)17(16)22/h10-13,23H,6-9H2,1-5H3. The summed E-state index contributed by atoms with van der Waals surface area (Å²) in [5, 5.41) is 2.96. The smallest absolute Gasteiger partial charge is 0.410 e. The van der Waals surface area contributed by atoms with E-state index in [4.69, 9.17) is 4.74 Å². The molecule has 0 aliphatic carbocycles. The highest BCUT2D eigenvalue weighted by Crippen LogP contribution is 2.27. The summed E-state index contributed by atoms with van der Waals surface area (Å²) in [6, 6.07) is 1.88. The van der Waals surface area contributed by atoms with Crippen LogP contribution < -0.4 is 5.32 Å². The van der Waals surface area contributed by atoms with Crippen LogP contribution in [-0.4, -0.2) is 48.8 Å². The summed E-state index contributed by atoms with van der Waals surface area (Å²) in [6.45, 7) is 8.39. The number of hydrogen-bond acceptors (Lipinski definition) is 5. The van der Waals surface area contributed by atoms with Crippen LogP contribution in [0.5, 0.6) is 0 Å². The first-order valence-corrected chi connectivity index (χ1v) is 9.33. The van der Waals surface area contributed by atoms with Crippen molar-refractivity contribution >= 4 is 17.7 Å². The minimum atomic E-state index is -1.11. The van der Waals surface area contributed by atoms with Gasteiger partial charge in [0.05, 0.1) is 18.4 Å². The Morgan fingerprint density at radius 2 is 1.82 bits per heavy atom. The SMILES string of the molecule is COC(=O)c1cc(F)c(F)c(NC(C)C2CCN(C(=O)OC(C)(C)C)CC2)c1. The van der Waals surface area contributed by atoms with Crippen molar-refractivity contribution in [1.29, 1.82) is 0 Å². The number of rotatable bonds is 4. The van der Waals surface area contributed by atoms with Gasteiger partial charge in [0.2, 0.25) is 0 Å². The number of benzene rings is 1. The molecule has 0 radical (unpaired) electrons. The van der Waals surface area contributed by atoms with Crippen LogP contribution in [0.3, 0.4) is 0 Å². The number of carbonyl (C=O) groups is 2. The number of nitrogens with zero attached hydrogens (tertiary/aromatic N) is 1. The lowest BCUT2D eigenvalue weighted by Gasteiger charge is -2.36. The highest BCUT2D eigenvalue weighted by molar-refractivity contribution is 5.90. The zero-order valence-corrected chi connectivity index (χ0v) is 17.0. The molecule has 1 atom stereocenters. The highest BCUT2D eigenvalue weighted by atomic mass is 19.2. The first-order chi connectivity index (χ1) is 13.0. The van der Waals surface area contributed by atoms with Crippen molar-refractivity contribution in [3.05, 3.63) is 29.3 Å². The Balaban J connectivity index is 1.99. The molecular formula is C20H28F2N2O4. The second-order valence-electron chi connectivity index (χ2n) is 8.05. The third-order valence-electron chi connectivity index (χ3n) is 4.73.